The predicted octanol–water partition coefficient (Wildman–Crippen LogP) is 1.61. The van der Waals surface area contributed by atoms with E-state index in [2.05, 4.69) is 10.3 Å². The summed E-state index contributed by atoms with van der Waals surface area (Å²) in [5.41, 5.74) is 0.683. The highest BCUT2D eigenvalue weighted by atomic mass is 16.1. The lowest BCUT2D eigenvalue weighted by molar-refractivity contribution is 0.0976. The van der Waals surface area contributed by atoms with Crippen LogP contribution < -0.4 is 5.32 Å². The molecular formula is C11H12N2O. The van der Waals surface area contributed by atoms with E-state index in [4.69, 9.17) is 0 Å². The topological polar surface area (TPSA) is 41.5 Å². The molecule has 0 saturated carbocycles. The minimum Gasteiger partial charge on any atom is -0.310 e. The van der Waals surface area contributed by atoms with E-state index >= 15 is 0 Å². The van der Waals surface area contributed by atoms with Gasteiger partial charge in [-0.3, -0.25) is 9.79 Å². The summed E-state index contributed by atoms with van der Waals surface area (Å²) in [6.45, 7) is 0.838. The van der Waals surface area contributed by atoms with Crippen molar-refractivity contribution in [2.24, 2.45) is 4.99 Å². The highest BCUT2D eigenvalue weighted by Crippen LogP contribution is 2.03. The zero-order chi connectivity index (χ0) is 9.80. The Morgan fingerprint density at radius 2 is 2.07 bits per heavy atom. The fourth-order valence-electron chi connectivity index (χ4n) is 1.43. The first-order valence-corrected chi connectivity index (χ1v) is 4.76. The number of nitrogens with one attached hydrogen (secondary N) is 1. The Balaban J connectivity index is 2.03. The summed E-state index contributed by atoms with van der Waals surface area (Å²) in [7, 11) is 0. The molecule has 0 bridgehead atoms. The van der Waals surface area contributed by atoms with E-state index in [1.165, 1.54) is 0 Å². The number of benzene rings is 1. The summed E-state index contributed by atoms with van der Waals surface area (Å²) >= 11 is 0. The lowest BCUT2D eigenvalue weighted by atomic mass is 10.2. The normalized spacial score (nSPS) is 15.0. The average molecular weight is 188 g/mol. The average Bonchev–Trinajstić information content (AvgIpc) is 2.72. The molecule has 1 aliphatic heterocycles. The number of carbonyl (C=O) groups excluding carboxylic acids is 1. The number of hydrogen-bond acceptors (Lipinski definition) is 2. The SMILES string of the molecule is O=C(NC1=NCCC1)c1ccccc1. The minimum absolute atomic E-state index is 0.0637. The number of amidine groups is 1. The molecule has 3 nitrogen and oxygen atoms in total. The van der Waals surface area contributed by atoms with Crippen LogP contribution in [0.15, 0.2) is 35.3 Å². The highest BCUT2D eigenvalue weighted by Gasteiger charge is 2.10. The zero-order valence-corrected chi connectivity index (χ0v) is 7.86. The van der Waals surface area contributed by atoms with Crippen LogP contribution in [0.5, 0.6) is 0 Å². The Labute approximate surface area is 82.9 Å². The molecular weight excluding hydrogens is 176 g/mol. The fourth-order valence-corrected chi connectivity index (χ4v) is 1.43. The van der Waals surface area contributed by atoms with Gasteiger partial charge in [0.05, 0.1) is 0 Å². The molecule has 1 aromatic carbocycles. The highest BCUT2D eigenvalue weighted by molar-refractivity contribution is 6.06. The summed E-state index contributed by atoms with van der Waals surface area (Å²) in [6.07, 6.45) is 1.93. The molecule has 0 radical (unpaired) electrons. The number of hydrogen-bond donors (Lipinski definition) is 1. The van der Waals surface area contributed by atoms with Gasteiger partial charge in [-0.1, -0.05) is 18.2 Å². The summed E-state index contributed by atoms with van der Waals surface area (Å²) in [5.74, 6) is 0.755. The number of carbonyl (C=O) groups is 1. The van der Waals surface area contributed by atoms with Crippen molar-refractivity contribution >= 4 is 11.7 Å². The Morgan fingerprint density at radius 3 is 2.71 bits per heavy atom. The summed E-state index contributed by atoms with van der Waals surface area (Å²) in [6, 6.07) is 9.19. The molecule has 2 rings (SSSR count). The van der Waals surface area contributed by atoms with Crippen LogP contribution in [0.25, 0.3) is 0 Å². The largest absolute Gasteiger partial charge is 0.310 e. The summed E-state index contributed by atoms with van der Waals surface area (Å²) in [5, 5.41) is 2.81. The van der Waals surface area contributed by atoms with Gasteiger partial charge in [-0.05, 0) is 18.6 Å². The van der Waals surface area contributed by atoms with Gasteiger partial charge < -0.3 is 5.32 Å². The number of rotatable bonds is 1. The van der Waals surface area contributed by atoms with Gasteiger partial charge in [0.25, 0.3) is 5.91 Å². The van der Waals surface area contributed by atoms with Gasteiger partial charge in [0.1, 0.15) is 5.84 Å². The number of aliphatic imine (C=N–C) groups is 1. The third-order valence-corrected chi connectivity index (χ3v) is 2.17. The van der Waals surface area contributed by atoms with Gasteiger partial charge in [0, 0.05) is 18.5 Å². The smallest absolute Gasteiger partial charge is 0.256 e. The van der Waals surface area contributed by atoms with Crippen LogP contribution in [-0.2, 0) is 0 Å². The van der Waals surface area contributed by atoms with Crippen LogP contribution in [0.1, 0.15) is 23.2 Å². The maximum absolute atomic E-state index is 11.6. The predicted molar refractivity (Wildman–Crippen MR) is 55.4 cm³/mol. The van der Waals surface area contributed by atoms with Crippen molar-refractivity contribution in [2.45, 2.75) is 12.8 Å². The Hall–Kier alpha value is -1.64. The molecule has 3 heteroatoms. The first kappa shape index (κ1) is 8.94. The molecule has 0 atom stereocenters. The van der Waals surface area contributed by atoms with Gasteiger partial charge in [-0.2, -0.15) is 0 Å². The van der Waals surface area contributed by atoms with Crippen molar-refractivity contribution in [1.82, 2.24) is 5.32 Å². The zero-order valence-electron chi connectivity index (χ0n) is 7.86. The van der Waals surface area contributed by atoms with E-state index in [-0.39, 0.29) is 5.91 Å². The van der Waals surface area contributed by atoms with Gasteiger partial charge in [0.15, 0.2) is 0 Å². The molecule has 1 N–H and O–H groups in total. The van der Waals surface area contributed by atoms with Gasteiger partial charge in [-0.15, -0.1) is 0 Å². The molecule has 0 aromatic heterocycles. The quantitative estimate of drug-likeness (QED) is 0.714. The van der Waals surface area contributed by atoms with E-state index in [0.717, 1.165) is 25.2 Å². The maximum atomic E-state index is 11.6. The monoisotopic (exact) mass is 188 g/mol. The third-order valence-electron chi connectivity index (χ3n) is 2.17. The molecule has 1 aliphatic rings. The van der Waals surface area contributed by atoms with E-state index < -0.39 is 0 Å². The third kappa shape index (κ3) is 1.99. The fraction of sp³-hybridized carbons (Fsp3) is 0.273. The molecule has 0 spiro atoms. The number of amides is 1. The summed E-state index contributed by atoms with van der Waals surface area (Å²) < 4.78 is 0. The molecule has 1 heterocycles. The Bertz CT molecular complexity index is 357. The Morgan fingerprint density at radius 1 is 1.29 bits per heavy atom. The second kappa shape index (κ2) is 4.05. The van der Waals surface area contributed by atoms with Crippen LogP contribution >= 0.6 is 0 Å². The van der Waals surface area contributed by atoms with E-state index in [9.17, 15) is 4.79 Å². The lowest BCUT2D eigenvalue weighted by Crippen LogP contribution is -2.28. The van der Waals surface area contributed by atoms with Gasteiger partial charge in [0.2, 0.25) is 0 Å². The van der Waals surface area contributed by atoms with Gasteiger partial charge in [-0.25, -0.2) is 0 Å². The van der Waals surface area contributed by atoms with Crippen LogP contribution in [0, 0.1) is 0 Å². The molecule has 0 aliphatic carbocycles. The standard InChI is InChI=1S/C11H12N2O/c14-11(9-5-2-1-3-6-9)13-10-7-4-8-12-10/h1-3,5-6H,4,7-8H2,(H,12,13,14). The van der Waals surface area contributed by atoms with Crippen molar-refractivity contribution in [3.63, 3.8) is 0 Å². The molecule has 0 unspecified atom stereocenters. The van der Waals surface area contributed by atoms with Crippen molar-refractivity contribution in [1.29, 1.82) is 0 Å². The van der Waals surface area contributed by atoms with Crippen LogP contribution in [0.4, 0.5) is 0 Å². The first-order valence-electron chi connectivity index (χ1n) is 4.76. The molecule has 1 amide bonds. The molecule has 72 valence electrons. The molecule has 0 fully saturated rings. The van der Waals surface area contributed by atoms with E-state index in [1.807, 2.05) is 18.2 Å². The second-order valence-electron chi connectivity index (χ2n) is 3.25. The van der Waals surface area contributed by atoms with Crippen molar-refractivity contribution in [2.75, 3.05) is 6.54 Å². The first-order chi connectivity index (χ1) is 6.86. The summed E-state index contributed by atoms with van der Waals surface area (Å²) in [4.78, 5) is 15.8. The second-order valence-corrected chi connectivity index (χ2v) is 3.25. The Kier molecular flexibility index (Phi) is 2.58. The molecule has 0 saturated heterocycles. The maximum Gasteiger partial charge on any atom is 0.256 e. The molecule has 1 aromatic rings. The van der Waals surface area contributed by atoms with Crippen molar-refractivity contribution in [3.05, 3.63) is 35.9 Å². The molecule has 14 heavy (non-hydrogen) atoms. The van der Waals surface area contributed by atoms with Crippen LogP contribution in [0.2, 0.25) is 0 Å². The van der Waals surface area contributed by atoms with Crippen molar-refractivity contribution < 1.29 is 4.79 Å². The minimum atomic E-state index is -0.0637. The van der Waals surface area contributed by atoms with Crippen molar-refractivity contribution in [3.8, 4) is 0 Å². The van der Waals surface area contributed by atoms with E-state index in [0.29, 0.717) is 5.56 Å². The van der Waals surface area contributed by atoms with Crippen LogP contribution in [0.3, 0.4) is 0 Å². The van der Waals surface area contributed by atoms with E-state index in [1.54, 1.807) is 12.1 Å². The van der Waals surface area contributed by atoms with Gasteiger partial charge >= 0.3 is 0 Å². The number of nitrogens with zero attached hydrogens (tertiary/aromatic N) is 1. The van der Waals surface area contributed by atoms with Crippen LogP contribution in [-0.4, -0.2) is 18.3 Å². The lowest BCUT2D eigenvalue weighted by Gasteiger charge is -2.03.